The number of allylic oxidation sites excluding steroid dienone is 2. The van der Waals surface area contributed by atoms with Gasteiger partial charge >= 0.3 is 0 Å². The Morgan fingerprint density at radius 3 is 2.74 bits per heavy atom. The molecule has 0 bridgehead atoms. The summed E-state index contributed by atoms with van der Waals surface area (Å²) in [7, 11) is -4.12. The van der Waals surface area contributed by atoms with Crippen molar-refractivity contribution in [3.8, 4) is 6.07 Å². The molecule has 0 atom stereocenters. The van der Waals surface area contributed by atoms with Crippen LogP contribution in [0.15, 0.2) is 38.2 Å². The van der Waals surface area contributed by atoms with E-state index in [9.17, 15) is 12.8 Å². The molecule has 0 aliphatic carbocycles. The van der Waals surface area contributed by atoms with Gasteiger partial charge < -0.3 is 5.32 Å². The van der Waals surface area contributed by atoms with Gasteiger partial charge in [-0.2, -0.15) is 5.26 Å². The van der Waals surface area contributed by atoms with E-state index < -0.39 is 25.5 Å². The lowest BCUT2D eigenvalue weighted by molar-refractivity contribution is 0.570. The molecule has 0 radical (unpaired) electrons. The Kier molecular flexibility index (Phi) is 3.92. The third-order valence-corrected chi connectivity index (χ3v) is 5.05. The Balaban J connectivity index is 2.59. The van der Waals surface area contributed by atoms with Gasteiger partial charge in [0.1, 0.15) is 16.8 Å². The third kappa shape index (κ3) is 2.65. The van der Waals surface area contributed by atoms with Gasteiger partial charge in [-0.1, -0.05) is 15.9 Å². The predicted molar refractivity (Wildman–Crippen MR) is 71.2 cm³/mol. The zero-order valence-corrected chi connectivity index (χ0v) is 12.2. The fourth-order valence-corrected chi connectivity index (χ4v) is 3.61. The van der Waals surface area contributed by atoms with E-state index in [0.29, 0.717) is 23.1 Å². The van der Waals surface area contributed by atoms with Crippen LogP contribution in [0.5, 0.6) is 0 Å². The third-order valence-electron chi connectivity index (χ3n) is 2.77. The van der Waals surface area contributed by atoms with Gasteiger partial charge in [-0.3, -0.25) is 0 Å². The molecule has 19 heavy (non-hydrogen) atoms. The summed E-state index contributed by atoms with van der Waals surface area (Å²) in [6.07, 6.45) is 1.25. The van der Waals surface area contributed by atoms with E-state index in [1.54, 1.807) is 6.07 Å². The van der Waals surface area contributed by atoms with Crippen LogP contribution in [0.4, 0.5) is 4.39 Å². The first-order valence-corrected chi connectivity index (χ1v) is 7.81. The quantitative estimate of drug-likeness (QED) is 0.836. The van der Waals surface area contributed by atoms with Crippen molar-refractivity contribution in [2.45, 2.75) is 17.7 Å². The van der Waals surface area contributed by atoms with Gasteiger partial charge in [0.25, 0.3) is 0 Å². The van der Waals surface area contributed by atoms with Crippen LogP contribution in [0.1, 0.15) is 12.8 Å². The Labute approximate surface area is 119 Å². The highest BCUT2D eigenvalue weighted by Crippen LogP contribution is 2.27. The second kappa shape index (κ2) is 5.31. The number of nitrogens with zero attached hydrogens (tertiary/aromatic N) is 1. The first-order valence-electron chi connectivity index (χ1n) is 5.54. The predicted octanol–water partition coefficient (Wildman–Crippen LogP) is 2.48. The fourth-order valence-electron chi connectivity index (χ4n) is 1.88. The lowest BCUT2D eigenvalue weighted by atomic mass is 10.3. The highest BCUT2D eigenvalue weighted by molar-refractivity contribution is 9.10. The SMILES string of the molecule is N#C/C(=C1/CCCN1)S(=O)(=O)c1ccc(Br)cc1F. The topological polar surface area (TPSA) is 70.0 Å². The molecule has 7 heteroatoms. The smallest absolute Gasteiger partial charge is 0.221 e. The zero-order valence-electron chi connectivity index (χ0n) is 9.78. The summed E-state index contributed by atoms with van der Waals surface area (Å²) in [4.78, 5) is -0.875. The second-order valence-electron chi connectivity index (χ2n) is 4.03. The summed E-state index contributed by atoms with van der Waals surface area (Å²) in [6, 6.07) is 5.32. The summed E-state index contributed by atoms with van der Waals surface area (Å²) in [5.74, 6) is -0.874. The molecule has 0 unspecified atom stereocenters. The number of hydrogen-bond acceptors (Lipinski definition) is 4. The van der Waals surface area contributed by atoms with Crippen molar-refractivity contribution < 1.29 is 12.8 Å². The molecule has 0 aromatic heterocycles. The Hall–Kier alpha value is -1.39. The van der Waals surface area contributed by atoms with Crippen molar-refractivity contribution in [2.24, 2.45) is 0 Å². The fraction of sp³-hybridized carbons (Fsp3) is 0.250. The minimum Gasteiger partial charge on any atom is -0.387 e. The minimum atomic E-state index is -4.12. The number of hydrogen-bond donors (Lipinski definition) is 1. The largest absolute Gasteiger partial charge is 0.387 e. The lowest BCUT2D eigenvalue weighted by Crippen LogP contribution is -2.14. The van der Waals surface area contributed by atoms with Crippen LogP contribution in [-0.2, 0) is 9.84 Å². The van der Waals surface area contributed by atoms with E-state index in [-0.39, 0.29) is 0 Å². The molecule has 1 heterocycles. The van der Waals surface area contributed by atoms with E-state index >= 15 is 0 Å². The standard InChI is InChI=1S/C12H10BrFN2O2S/c13-8-3-4-11(9(14)6-8)19(17,18)12(7-15)10-2-1-5-16-10/h3-4,6,16H,1-2,5H2/b12-10+. The first kappa shape index (κ1) is 14.0. The van der Waals surface area contributed by atoms with Gasteiger partial charge in [0, 0.05) is 16.7 Å². The maximum atomic E-state index is 13.8. The molecule has 0 saturated carbocycles. The van der Waals surface area contributed by atoms with Crippen molar-refractivity contribution in [2.75, 3.05) is 6.54 Å². The molecular formula is C12H10BrFN2O2S. The van der Waals surface area contributed by atoms with Crippen molar-refractivity contribution in [1.82, 2.24) is 5.32 Å². The number of halogens is 2. The van der Waals surface area contributed by atoms with E-state index in [4.69, 9.17) is 5.26 Å². The molecule has 1 fully saturated rings. The van der Waals surface area contributed by atoms with E-state index in [1.165, 1.54) is 6.07 Å². The van der Waals surface area contributed by atoms with Crippen LogP contribution >= 0.6 is 15.9 Å². The van der Waals surface area contributed by atoms with Crippen molar-refractivity contribution in [1.29, 1.82) is 5.26 Å². The lowest BCUT2D eigenvalue weighted by Gasteiger charge is -2.07. The van der Waals surface area contributed by atoms with Crippen molar-refractivity contribution >= 4 is 25.8 Å². The average molecular weight is 345 g/mol. The van der Waals surface area contributed by atoms with Gasteiger partial charge in [0.2, 0.25) is 9.84 Å². The molecule has 1 aromatic carbocycles. The molecule has 1 saturated heterocycles. The summed E-state index contributed by atoms with van der Waals surface area (Å²) in [5, 5.41) is 11.9. The number of benzene rings is 1. The Morgan fingerprint density at radius 1 is 1.47 bits per heavy atom. The zero-order chi connectivity index (χ0) is 14.0. The summed E-state index contributed by atoms with van der Waals surface area (Å²) < 4.78 is 38.8. The molecule has 0 spiro atoms. The van der Waals surface area contributed by atoms with E-state index in [0.717, 1.165) is 18.6 Å². The molecule has 1 N–H and O–H groups in total. The van der Waals surface area contributed by atoms with Crippen molar-refractivity contribution in [3.63, 3.8) is 0 Å². The van der Waals surface area contributed by atoms with Crippen molar-refractivity contribution in [3.05, 3.63) is 39.1 Å². The molecule has 1 aliphatic rings. The van der Waals surface area contributed by atoms with Crippen LogP contribution in [0.2, 0.25) is 0 Å². The molecule has 100 valence electrons. The normalized spacial score (nSPS) is 17.7. The van der Waals surface area contributed by atoms with Gasteiger partial charge in [0.15, 0.2) is 4.91 Å². The maximum Gasteiger partial charge on any atom is 0.221 e. The molecule has 4 nitrogen and oxygen atoms in total. The van der Waals surface area contributed by atoms with Crippen LogP contribution < -0.4 is 5.32 Å². The molecule has 1 aromatic rings. The molecular weight excluding hydrogens is 335 g/mol. The highest BCUT2D eigenvalue weighted by Gasteiger charge is 2.28. The molecule has 0 amide bonds. The summed E-state index contributed by atoms with van der Waals surface area (Å²) >= 11 is 3.06. The Bertz CT molecular complexity index is 684. The van der Waals surface area contributed by atoms with Gasteiger partial charge in [-0.25, -0.2) is 12.8 Å². The van der Waals surface area contributed by atoms with Crippen LogP contribution in [0, 0.1) is 17.1 Å². The van der Waals surface area contributed by atoms with Crippen LogP contribution in [0.3, 0.4) is 0 Å². The Morgan fingerprint density at radius 2 is 2.21 bits per heavy atom. The van der Waals surface area contributed by atoms with Crippen LogP contribution in [-0.4, -0.2) is 15.0 Å². The molecule has 1 aliphatic heterocycles. The average Bonchev–Trinajstić information content (AvgIpc) is 2.82. The van der Waals surface area contributed by atoms with Crippen LogP contribution in [0.25, 0.3) is 0 Å². The highest BCUT2D eigenvalue weighted by atomic mass is 79.9. The number of nitriles is 1. The minimum absolute atomic E-state index is 0.366. The maximum absolute atomic E-state index is 13.8. The van der Waals surface area contributed by atoms with E-state index in [1.807, 2.05) is 0 Å². The molecule has 2 rings (SSSR count). The van der Waals surface area contributed by atoms with Gasteiger partial charge in [0.05, 0.1) is 0 Å². The van der Waals surface area contributed by atoms with E-state index in [2.05, 4.69) is 21.2 Å². The number of sulfone groups is 1. The van der Waals surface area contributed by atoms with Gasteiger partial charge in [-0.15, -0.1) is 0 Å². The van der Waals surface area contributed by atoms with Gasteiger partial charge in [-0.05, 0) is 31.0 Å². The first-order chi connectivity index (χ1) is 8.96. The summed E-state index contributed by atoms with van der Waals surface area (Å²) in [6.45, 7) is 0.624. The number of rotatable bonds is 2. The second-order valence-corrected chi connectivity index (χ2v) is 6.80. The summed E-state index contributed by atoms with van der Waals surface area (Å²) in [5.41, 5.74) is 0.366. The monoisotopic (exact) mass is 344 g/mol. The number of nitrogens with one attached hydrogen (secondary N) is 1.